The molecule has 1 fully saturated rings. The zero-order chi connectivity index (χ0) is 15.0. The van der Waals surface area contributed by atoms with Crippen molar-refractivity contribution in [2.75, 3.05) is 6.54 Å². The van der Waals surface area contributed by atoms with Gasteiger partial charge in [0.05, 0.1) is 21.7 Å². The lowest BCUT2D eigenvalue weighted by Gasteiger charge is -2.21. The highest BCUT2D eigenvalue weighted by Gasteiger charge is 2.39. The molecule has 0 aliphatic carbocycles. The number of carbonyl (C=O) groups is 2. The van der Waals surface area contributed by atoms with Crippen LogP contribution in [0.3, 0.4) is 0 Å². The Kier molecular flexibility index (Phi) is 4.17. The number of aliphatic hydroxyl groups excluding tert-OH is 1. The second kappa shape index (κ2) is 5.55. The molecule has 20 heavy (non-hydrogen) atoms. The first-order chi connectivity index (χ1) is 9.31. The van der Waals surface area contributed by atoms with Crippen molar-refractivity contribution in [1.82, 2.24) is 4.90 Å². The third kappa shape index (κ3) is 2.72. The van der Waals surface area contributed by atoms with Gasteiger partial charge in [0.2, 0.25) is 0 Å². The number of rotatable bonds is 2. The number of halogens is 3. The van der Waals surface area contributed by atoms with Crippen LogP contribution in [0.5, 0.6) is 0 Å². The predicted molar refractivity (Wildman–Crippen MR) is 69.5 cm³/mol. The van der Waals surface area contributed by atoms with Gasteiger partial charge in [0.15, 0.2) is 0 Å². The van der Waals surface area contributed by atoms with Crippen LogP contribution < -0.4 is 0 Å². The fraction of sp³-hybridized carbons (Fsp3) is 0.333. The number of carboxylic acids is 1. The first kappa shape index (κ1) is 15.0. The lowest BCUT2D eigenvalue weighted by atomic mass is 10.1. The van der Waals surface area contributed by atoms with Gasteiger partial charge < -0.3 is 15.1 Å². The Morgan fingerprint density at radius 3 is 2.55 bits per heavy atom. The van der Waals surface area contributed by atoms with E-state index in [1.165, 1.54) is 0 Å². The summed E-state index contributed by atoms with van der Waals surface area (Å²) in [5.74, 6) is -2.82. The molecule has 1 aromatic carbocycles. The minimum Gasteiger partial charge on any atom is -0.480 e. The van der Waals surface area contributed by atoms with Crippen LogP contribution >= 0.6 is 23.2 Å². The summed E-state index contributed by atoms with van der Waals surface area (Å²) in [5.41, 5.74) is -0.186. The molecule has 0 saturated carbocycles. The van der Waals surface area contributed by atoms with Crippen molar-refractivity contribution in [1.29, 1.82) is 0 Å². The van der Waals surface area contributed by atoms with E-state index in [1.807, 2.05) is 0 Å². The van der Waals surface area contributed by atoms with Gasteiger partial charge in [-0.2, -0.15) is 0 Å². The number of aliphatic hydroxyl groups is 1. The van der Waals surface area contributed by atoms with Crippen molar-refractivity contribution in [2.24, 2.45) is 0 Å². The number of carbonyl (C=O) groups excluding carboxylic acids is 1. The fourth-order valence-corrected chi connectivity index (χ4v) is 2.58. The van der Waals surface area contributed by atoms with Crippen molar-refractivity contribution in [3.05, 3.63) is 33.6 Å². The van der Waals surface area contributed by atoms with Crippen molar-refractivity contribution in [3.8, 4) is 0 Å². The Morgan fingerprint density at radius 1 is 1.30 bits per heavy atom. The van der Waals surface area contributed by atoms with Crippen molar-refractivity contribution in [2.45, 2.75) is 18.6 Å². The minimum atomic E-state index is -1.24. The van der Waals surface area contributed by atoms with E-state index in [1.54, 1.807) is 0 Å². The predicted octanol–water partition coefficient (Wildman–Crippen LogP) is 1.79. The molecule has 1 heterocycles. The van der Waals surface area contributed by atoms with Gasteiger partial charge in [-0.25, -0.2) is 9.18 Å². The molecule has 0 aromatic heterocycles. The van der Waals surface area contributed by atoms with Crippen molar-refractivity contribution < 1.29 is 24.2 Å². The number of aliphatic carboxylic acids is 1. The molecule has 108 valence electrons. The summed E-state index contributed by atoms with van der Waals surface area (Å²) in [6, 6.07) is 0.775. The number of hydrogen-bond donors (Lipinski definition) is 2. The molecule has 1 saturated heterocycles. The Hall–Kier alpha value is -1.37. The van der Waals surface area contributed by atoms with E-state index in [-0.39, 0.29) is 28.6 Å². The monoisotopic (exact) mass is 321 g/mol. The number of β-amino-alcohol motifs (C(OH)–C–C–N with tert-alkyl or cyclic N) is 1. The quantitative estimate of drug-likeness (QED) is 0.814. The molecule has 1 aliphatic heterocycles. The topological polar surface area (TPSA) is 77.8 Å². The van der Waals surface area contributed by atoms with E-state index in [2.05, 4.69) is 0 Å². The van der Waals surface area contributed by atoms with Gasteiger partial charge in [-0.1, -0.05) is 23.2 Å². The number of benzene rings is 1. The normalized spacial score (nSPS) is 22.1. The first-order valence-electron chi connectivity index (χ1n) is 5.67. The minimum absolute atomic E-state index is 0.0746. The van der Waals surface area contributed by atoms with Crippen molar-refractivity contribution >= 4 is 35.1 Å². The van der Waals surface area contributed by atoms with Crippen LogP contribution in [0.4, 0.5) is 4.39 Å². The lowest BCUT2D eigenvalue weighted by Crippen LogP contribution is -2.40. The van der Waals surface area contributed by atoms with Gasteiger partial charge in [0.25, 0.3) is 5.91 Å². The summed E-state index contributed by atoms with van der Waals surface area (Å²) in [6.45, 7) is -0.142. The summed E-state index contributed by atoms with van der Waals surface area (Å²) < 4.78 is 13.4. The number of hydrogen-bond acceptors (Lipinski definition) is 3. The average molecular weight is 322 g/mol. The van der Waals surface area contributed by atoms with E-state index in [9.17, 15) is 19.1 Å². The van der Waals surface area contributed by atoms with Gasteiger partial charge in [-0.05, 0) is 12.1 Å². The van der Waals surface area contributed by atoms with Crippen LogP contribution in [-0.4, -0.2) is 45.7 Å². The molecular weight excluding hydrogens is 312 g/mol. The second-order valence-electron chi connectivity index (χ2n) is 4.45. The molecule has 1 amide bonds. The number of amides is 1. The zero-order valence-corrected chi connectivity index (χ0v) is 11.5. The molecule has 0 spiro atoms. The van der Waals surface area contributed by atoms with Crippen molar-refractivity contribution in [3.63, 3.8) is 0 Å². The third-order valence-corrected chi connectivity index (χ3v) is 3.67. The van der Waals surface area contributed by atoms with Gasteiger partial charge in [-0.15, -0.1) is 0 Å². The Balaban J connectivity index is 2.36. The molecule has 2 rings (SSSR count). The molecule has 2 atom stereocenters. The summed E-state index contributed by atoms with van der Waals surface area (Å²) in [4.78, 5) is 24.3. The highest BCUT2D eigenvalue weighted by atomic mass is 35.5. The molecule has 1 aliphatic rings. The van der Waals surface area contributed by atoms with E-state index < -0.39 is 29.8 Å². The van der Waals surface area contributed by atoms with Crippen LogP contribution in [0.15, 0.2) is 12.1 Å². The molecule has 1 aromatic rings. The van der Waals surface area contributed by atoms with Crippen LogP contribution in [0.2, 0.25) is 10.0 Å². The molecule has 0 bridgehead atoms. The molecular formula is C12H10Cl2FNO4. The maximum atomic E-state index is 13.4. The summed E-state index contributed by atoms with van der Waals surface area (Å²) >= 11 is 11.4. The number of nitrogens with zero attached hydrogens (tertiary/aromatic N) is 1. The Labute approximate surface area is 123 Å². The average Bonchev–Trinajstić information content (AvgIpc) is 2.75. The summed E-state index contributed by atoms with van der Waals surface area (Å²) in [7, 11) is 0. The van der Waals surface area contributed by atoms with E-state index in [0.29, 0.717) is 0 Å². The Morgan fingerprint density at radius 2 is 1.95 bits per heavy atom. The summed E-state index contributed by atoms with van der Waals surface area (Å²) in [5, 5.41) is 18.2. The SMILES string of the molecule is O=C(O)[C@@H]1C[C@H](O)CN1C(=O)c1cc(F)c(Cl)cc1Cl. The number of carboxylic acid groups (broad SMARTS) is 1. The largest absolute Gasteiger partial charge is 0.480 e. The van der Waals surface area contributed by atoms with Crippen LogP contribution in [-0.2, 0) is 4.79 Å². The molecule has 0 unspecified atom stereocenters. The maximum absolute atomic E-state index is 13.4. The number of likely N-dealkylation sites (tertiary alicyclic amines) is 1. The zero-order valence-electron chi connectivity index (χ0n) is 10.0. The fourth-order valence-electron chi connectivity index (χ4n) is 2.11. The maximum Gasteiger partial charge on any atom is 0.326 e. The Bertz CT molecular complexity index is 581. The second-order valence-corrected chi connectivity index (χ2v) is 5.26. The standard InChI is InChI=1S/C12H10Cl2FNO4/c13-7-3-8(14)9(15)2-6(7)11(18)16-4-5(17)1-10(16)12(19)20/h2-3,5,10,17H,1,4H2,(H,19,20)/t5-,10-/m0/s1. The van der Waals surface area contributed by atoms with Gasteiger partial charge in [0.1, 0.15) is 11.9 Å². The van der Waals surface area contributed by atoms with Gasteiger partial charge in [-0.3, -0.25) is 4.79 Å². The lowest BCUT2D eigenvalue weighted by molar-refractivity contribution is -0.141. The van der Waals surface area contributed by atoms with Crippen LogP contribution in [0.1, 0.15) is 16.8 Å². The van der Waals surface area contributed by atoms with Gasteiger partial charge >= 0.3 is 5.97 Å². The molecule has 2 N–H and O–H groups in total. The van der Waals surface area contributed by atoms with Crippen LogP contribution in [0, 0.1) is 5.82 Å². The van der Waals surface area contributed by atoms with E-state index >= 15 is 0 Å². The highest BCUT2D eigenvalue weighted by molar-refractivity contribution is 6.36. The first-order valence-corrected chi connectivity index (χ1v) is 6.43. The highest BCUT2D eigenvalue weighted by Crippen LogP contribution is 2.28. The van der Waals surface area contributed by atoms with Gasteiger partial charge in [0, 0.05) is 13.0 Å². The van der Waals surface area contributed by atoms with E-state index in [0.717, 1.165) is 17.0 Å². The molecule has 8 heteroatoms. The van der Waals surface area contributed by atoms with E-state index in [4.69, 9.17) is 28.3 Å². The third-order valence-electron chi connectivity index (χ3n) is 3.07. The summed E-state index contributed by atoms with van der Waals surface area (Å²) in [6.07, 6.45) is -1.01. The van der Waals surface area contributed by atoms with Crippen LogP contribution in [0.25, 0.3) is 0 Å². The molecule has 0 radical (unpaired) electrons. The smallest absolute Gasteiger partial charge is 0.326 e. The molecule has 5 nitrogen and oxygen atoms in total.